The van der Waals surface area contributed by atoms with Crippen LogP contribution in [0.3, 0.4) is 0 Å². The van der Waals surface area contributed by atoms with E-state index in [2.05, 4.69) is 19.9 Å². The molecule has 0 bridgehead atoms. The number of ether oxygens (including phenoxy) is 1. The molecule has 0 saturated carbocycles. The number of fused-ring (bicyclic) bond motifs is 1. The van der Waals surface area contributed by atoms with Crippen LogP contribution in [0.15, 0.2) is 47.4 Å². The molecule has 3 aromatic heterocycles. The predicted octanol–water partition coefficient (Wildman–Crippen LogP) is 5.67. The van der Waals surface area contributed by atoms with Gasteiger partial charge in [0.25, 0.3) is 5.56 Å². The number of H-pyrrole nitrogens is 1. The van der Waals surface area contributed by atoms with Crippen molar-refractivity contribution >= 4 is 37.1 Å². The lowest BCUT2D eigenvalue weighted by Crippen LogP contribution is -2.16. The maximum atomic E-state index is 14.0. The second-order valence-electron chi connectivity index (χ2n) is 9.24. The number of aromatic nitrogens is 4. The fourth-order valence-electron chi connectivity index (χ4n) is 4.32. The number of anilines is 1. The summed E-state index contributed by atoms with van der Waals surface area (Å²) >= 11 is 1.28. The van der Waals surface area contributed by atoms with Crippen molar-refractivity contribution in [2.45, 2.75) is 27.7 Å². The van der Waals surface area contributed by atoms with E-state index in [0.29, 0.717) is 66.1 Å². The van der Waals surface area contributed by atoms with Crippen molar-refractivity contribution in [3.63, 3.8) is 0 Å². The molecule has 0 unspecified atom stereocenters. The van der Waals surface area contributed by atoms with E-state index in [1.54, 1.807) is 59.1 Å². The molecule has 0 spiro atoms. The van der Waals surface area contributed by atoms with Crippen LogP contribution in [-0.4, -0.2) is 33.9 Å². The number of rotatable bonds is 7. The number of nitrogens with one attached hydrogen (secondary N) is 2. The largest absolute Gasteiger partial charge is 0.456 e. The smallest absolute Gasteiger partial charge is 0.268 e. The Morgan fingerprint density at radius 3 is 2.46 bits per heavy atom. The van der Waals surface area contributed by atoms with E-state index in [9.17, 15) is 17.6 Å². The highest BCUT2D eigenvalue weighted by Crippen LogP contribution is 2.42. The Morgan fingerprint density at radius 2 is 1.82 bits per heavy atom. The number of hydrogen-bond donors (Lipinski definition) is 2. The van der Waals surface area contributed by atoms with Crippen molar-refractivity contribution in [2.75, 3.05) is 10.5 Å². The molecule has 2 aromatic carbocycles. The first-order chi connectivity index (χ1) is 18.5. The molecule has 5 rings (SSSR count). The monoisotopic (exact) mass is 567 g/mol. The molecule has 202 valence electrons. The lowest BCUT2D eigenvalue weighted by atomic mass is 10.0. The van der Waals surface area contributed by atoms with Gasteiger partial charge < -0.3 is 9.30 Å². The fraction of sp³-hybridized carbons (Fsp3) is 0.222. The van der Waals surface area contributed by atoms with Crippen LogP contribution in [0.1, 0.15) is 23.9 Å². The SMILES string of the molecule is CCS(=O)(=O)Nc1ccc(Oc2c(C)cc(F)cc2C)c(-c2cn(C)c(=O)c3sc(-c4n[nH]c(C)n4)cc23)c1. The van der Waals surface area contributed by atoms with Crippen molar-refractivity contribution in [3.8, 4) is 33.3 Å². The minimum absolute atomic E-state index is 0.0946. The first-order valence-corrected chi connectivity index (χ1v) is 14.5. The highest BCUT2D eigenvalue weighted by Gasteiger charge is 2.21. The fourth-order valence-corrected chi connectivity index (χ4v) is 6.04. The molecule has 0 aliphatic heterocycles. The summed E-state index contributed by atoms with van der Waals surface area (Å²) < 4.78 is 49.6. The molecule has 39 heavy (non-hydrogen) atoms. The number of aromatic amines is 1. The summed E-state index contributed by atoms with van der Waals surface area (Å²) in [5.41, 5.74) is 2.56. The van der Waals surface area contributed by atoms with Crippen molar-refractivity contribution in [2.24, 2.45) is 7.05 Å². The van der Waals surface area contributed by atoms with Crippen molar-refractivity contribution in [3.05, 3.63) is 75.7 Å². The quantitative estimate of drug-likeness (QED) is 0.262. The van der Waals surface area contributed by atoms with E-state index >= 15 is 0 Å². The number of pyridine rings is 1. The van der Waals surface area contributed by atoms with Crippen molar-refractivity contribution < 1.29 is 17.5 Å². The number of aryl methyl sites for hydroxylation is 4. The Labute approximate surface area is 228 Å². The van der Waals surface area contributed by atoms with Gasteiger partial charge in [0.2, 0.25) is 10.0 Å². The Morgan fingerprint density at radius 1 is 1.10 bits per heavy atom. The van der Waals surface area contributed by atoms with Crippen LogP contribution in [0, 0.1) is 26.6 Å². The van der Waals surface area contributed by atoms with Gasteiger partial charge >= 0.3 is 0 Å². The molecule has 0 radical (unpaired) electrons. The first-order valence-electron chi connectivity index (χ1n) is 12.1. The molecular formula is C27H26FN5O4S2. The van der Waals surface area contributed by atoms with Crippen LogP contribution in [0.5, 0.6) is 11.5 Å². The Balaban J connectivity index is 1.76. The van der Waals surface area contributed by atoms with Gasteiger partial charge in [0.1, 0.15) is 27.8 Å². The van der Waals surface area contributed by atoms with Crippen LogP contribution in [0.4, 0.5) is 10.1 Å². The van der Waals surface area contributed by atoms with E-state index < -0.39 is 10.0 Å². The third-order valence-corrected chi connectivity index (χ3v) is 8.66. The van der Waals surface area contributed by atoms with Gasteiger partial charge in [-0.15, -0.1) is 11.3 Å². The molecule has 5 aromatic rings. The normalized spacial score (nSPS) is 11.7. The lowest BCUT2D eigenvalue weighted by Gasteiger charge is -2.18. The maximum Gasteiger partial charge on any atom is 0.268 e. The van der Waals surface area contributed by atoms with Crippen LogP contribution in [0.25, 0.3) is 31.9 Å². The summed E-state index contributed by atoms with van der Waals surface area (Å²) in [6, 6.07) is 9.56. The van der Waals surface area contributed by atoms with Gasteiger partial charge in [0.05, 0.1) is 10.6 Å². The zero-order valence-electron chi connectivity index (χ0n) is 21.9. The highest BCUT2D eigenvalue weighted by molar-refractivity contribution is 7.92. The molecular weight excluding hydrogens is 541 g/mol. The standard InChI is InChI=1S/C27H26FN5O4S2/c1-6-39(35,36)32-18-7-8-22(37-24-14(2)9-17(28)10-15(24)3)19(11-18)21-13-33(5)27(34)25-20(21)12-23(38-25)26-29-16(4)30-31-26/h7-13,32H,6H2,1-5H3,(H,29,30,31). The molecule has 0 fully saturated rings. The van der Waals surface area contributed by atoms with E-state index in [-0.39, 0.29) is 17.1 Å². The zero-order chi connectivity index (χ0) is 28.1. The van der Waals surface area contributed by atoms with Crippen LogP contribution in [-0.2, 0) is 17.1 Å². The maximum absolute atomic E-state index is 14.0. The minimum Gasteiger partial charge on any atom is -0.456 e. The van der Waals surface area contributed by atoms with E-state index in [1.165, 1.54) is 28.0 Å². The Kier molecular flexibility index (Phi) is 6.77. The second kappa shape index (κ2) is 9.93. The minimum atomic E-state index is -3.55. The van der Waals surface area contributed by atoms with E-state index in [1.807, 2.05) is 6.07 Å². The van der Waals surface area contributed by atoms with Crippen LogP contribution >= 0.6 is 11.3 Å². The number of sulfonamides is 1. The number of nitrogens with zero attached hydrogens (tertiary/aromatic N) is 3. The van der Waals surface area contributed by atoms with Gasteiger partial charge in [-0.2, -0.15) is 5.10 Å². The average Bonchev–Trinajstić information content (AvgIpc) is 3.51. The first kappa shape index (κ1) is 26.6. The Bertz CT molecular complexity index is 1880. The molecule has 0 saturated heterocycles. The summed E-state index contributed by atoms with van der Waals surface area (Å²) in [5.74, 6) is 1.56. The number of thiophene rings is 1. The third-order valence-electron chi connectivity index (χ3n) is 6.24. The molecule has 9 nitrogen and oxygen atoms in total. The molecule has 12 heteroatoms. The molecule has 0 amide bonds. The van der Waals surface area contributed by atoms with Gasteiger partial charge in [-0.25, -0.2) is 17.8 Å². The average molecular weight is 568 g/mol. The number of halogens is 1. The summed E-state index contributed by atoms with van der Waals surface area (Å²) in [4.78, 5) is 18.2. The summed E-state index contributed by atoms with van der Waals surface area (Å²) in [5, 5.41) is 7.70. The van der Waals surface area contributed by atoms with Gasteiger partial charge in [-0.3, -0.25) is 14.6 Å². The van der Waals surface area contributed by atoms with Gasteiger partial charge in [-0.1, -0.05) is 0 Å². The summed E-state index contributed by atoms with van der Waals surface area (Å²) in [6.45, 7) is 6.85. The van der Waals surface area contributed by atoms with Crippen LogP contribution in [0.2, 0.25) is 0 Å². The van der Waals surface area contributed by atoms with Gasteiger partial charge in [0, 0.05) is 35.4 Å². The van der Waals surface area contributed by atoms with E-state index in [0.717, 1.165) is 0 Å². The summed E-state index contributed by atoms with van der Waals surface area (Å²) in [7, 11) is -1.90. The van der Waals surface area contributed by atoms with Crippen LogP contribution < -0.4 is 15.0 Å². The van der Waals surface area contributed by atoms with Gasteiger partial charge in [-0.05, 0) is 75.2 Å². The van der Waals surface area contributed by atoms with E-state index in [4.69, 9.17) is 4.74 Å². The zero-order valence-corrected chi connectivity index (χ0v) is 23.6. The molecule has 0 aliphatic carbocycles. The Hall–Kier alpha value is -4.03. The number of benzene rings is 2. The third kappa shape index (κ3) is 5.17. The predicted molar refractivity (Wildman–Crippen MR) is 152 cm³/mol. The molecule has 0 atom stereocenters. The molecule has 3 heterocycles. The lowest BCUT2D eigenvalue weighted by molar-refractivity contribution is 0.474. The van der Waals surface area contributed by atoms with Crippen molar-refractivity contribution in [1.29, 1.82) is 0 Å². The highest BCUT2D eigenvalue weighted by atomic mass is 32.2. The van der Waals surface area contributed by atoms with Crippen molar-refractivity contribution in [1.82, 2.24) is 19.7 Å². The molecule has 0 aliphatic rings. The summed E-state index contributed by atoms with van der Waals surface area (Å²) in [6.07, 6.45) is 1.69. The molecule has 2 N–H and O–H groups in total. The second-order valence-corrected chi connectivity index (χ2v) is 12.3. The topological polar surface area (TPSA) is 119 Å². The number of hydrogen-bond acceptors (Lipinski definition) is 7. The van der Waals surface area contributed by atoms with Gasteiger partial charge in [0.15, 0.2) is 5.82 Å².